The molecule has 2 aromatic heterocycles. The summed E-state index contributed by atoms with van der Waals surface area (Å²) >= 11 is 0. The van der Waals surface area contributed by atoms with Gasteiger partial charge in [0, 0.05) is 37.8 Å². The monoisotopic (exact) mass is 302 g/mol. The molecule has 1 aliphatic heterocycles. The van der Waals surface area contributed by atoms with Crippen molar-refractivity contribution in [1.82, 2.24) is 4.98 Å². The number of aromatic hydroxyl groups is 1. The fourth-order valence-corrected chi connectivity index (χ4v) is 2.36. The van der Waals surface area contributed by atoms with E-state index >= 15 is 0 Å². The fourth-order valence-electron chi connectivity index (χ4n) is 2.36. The molecule has 0 spiro atoms. The molecule has 0 aromatic carbocycles. The molecule has 3 heterocycles. The molecule has 1 fully saturated rings. The first kappa shape index (κ1) is 14.1. The molecule has 0 atom stereocenters. The third kappa shape index (κ3) is 2.41. The number of esters is 1. The van der Waals surface area contributed by atoms with Crippen molar-refractivity contribution < 1.29 is 23.8 Å². The van der Waals surface area contributed by atoms with E-state index in [1.807, 2.05) is 0 Å². The van der Waals surface area contributed by atoms with Gasteiger partial charge in [-0.05, 0) is 18.6 Å². The van der Waals surface area contributed by atoms with Crippen LogP contribution in [0.15, 0.2) is 28.9 Å². The lowest BCUT2D eigenvalue weighted by Crippen LogP contribution is -2.24. The van der Waals surface area contributed by atoms with Gasteiger partial charge in [0.1, 0.15) is 0 Å². The summed E-state index contributed by atoms with van der Waals surface area (Å²) in [4.78, 5) is 28.5. The number of anilines is 1. The summed E-state index contributed by atoms with van der Waals surface area (Å²) in [5, 5.41) is 10.3. The SMILES string of the molecule is CC(=O)Oc1c(N2CCCC2=O)oc(-c2cccnc2)c1O. The molecule has 2 aromatic rings. The normalized spacial score (nSPS) is 14.4. The highest BCUT2D eigenvalue weighted by Gasteiger charge is 2.33. The van der Waals surface area contributed by atoms with Gasteiger partial charge in [0.25, 0.3) is 5.88 Å². The molecular formula is C15H14N2O5. The minimum Gasteiger partial charge on any atom is -0.502 e. The molecule has 7 heteroatoms. The highest BCUT2D eigenvalue weighted by atomic mass is 16.6. The number of amides is 1. The average Bonchev–Trinajstić information content (AvgIpc) is 3.05. The molecule has 22 heavy (non-hydrogen) atoms. The average molecular weight is 302 g/mol. The lowest BCUT2D eigenvalue weighted by molar-refractivity contribution is -0.132. The minimum atomic E-state index is -0.610. The number of rotatable bonds is 3. The Labute approximate surface area is 126 Å². The second kappa shape index (κ2) is 5.51. The number of pyridine rings is 1. The molecule has 0 aliphatic carbocycles. The van der Waals surface area contributed by atoms with Crippen LogP contribution in [0, 0.1) is 0 Å². The van der Waals surface area contributed by atoms with Crippen LogP contribution in [-0.2, 0) is 9.59 Å². The van der Waals surface area contributed by atoms with Gasteiger partial charge in [-0.3, -0.25) is 19.5 Å². The van der Waals surface area contributed by atoms with Gasteiger partial charge in [0.15, 0.2) is 5.76 Å². The Kier molecular flexibility index (Phi) is 3.54. The van der Waals surface area contributed by atoms with Crippen LogP contribution >= 0.6 is 0 Å². The van der Waals surface area contributed by atoms with Crippen molar-refractivity contribution in [1.29, 1.82) is 0 Å². The van der Waals surface area contributed by atoms with Gasteiger partial charge in [0.2, 0.25) is 17.4 Å². The first-order chi connectivity index (χ1) is 10.6. The van der Waals surface area contributed by atoms with E-state index in [9.17, 15) is 14.7 Å². The molecule has 114 valence electrons. The third-order valence-electron chi connectivity index (χ3n) is 3.31. The molecule has 1 N–H and O–H groups in total. The second-order valence-electron chi connectivity index (χ2n) is 4.90. The predicted molar refractivity (Wildman–Crippen MR) is 76.5 cm³/mol. The van der Waals surface area contributed by atoms with Crippen LogP contribution < -0.4 is 9.64 Å². The van der Waals surface area contributed by atoms with Crippen molar-refractivity contribution in [3.8, 4) is 22.8 Å². The lowest BCUT2D eigenvalue weighted by Gasteiger charge is -2.13. The van der Waals surface area contributed by atoms with Gasteiger partial charge in [-0.2, -0.15) is 0 Å². The van der Waals surface area contributed by atoms with Gasteiger partial charge in [-0.1, -0.05) is 0 Å². The molecule has 0 radical (unpaired) electrons. The number of furan rings is 1. The van der Waals surface area contributed by atoms with Crippen molar-refractivity contribution in [2.75, 3.05) is 11.4 Å². The zero-order valence-corrected chi connectivity index (χ0v) is 11.9. The van der Waals surface area contributed by atoms with Crippen molar-refractivity contribution in [2.24, 2.45) is 0 Å². The van der Waals surface area contributed by atoms with E-state index in [2.05, 4.69) is 4.98 Å². The number of carbonyl (C=O) groups is 2. The predicted octanol–water partition coefficient (Wildman–Crippen LogP) is 2.10. The first-order valence-corrected chi connectivity index (χ1v) is 6.83. The van der Waals surface area contributed by atoms with E-state index in [-0.39, 0.29) is 29.1 Å². The third-order valence-corrected chi connectivity index (χ3v) is 3.31. The van der Waals surface area contributed by atoms with Crippen molar-refractivity contribution >= 4 is 17.8 Å². The molecule has 1 aliphatic rings. The molecule has 0 saturated carbocycles. The van der Waals surface area contributed by atoms with E-state index in [0.717, 1.165) is 0 Å². The van der Waals surface area contributed by atoms with Crippen molar-refractivity contribution in [2.45, 2.75) is 19.8 Å². The lowest BCUT2D eigenvalue weighted by atomic mass is 10.2. The Balaban J connectivity index is 2.11. The number of nitrogens with zero attached hydrogens (tertiary/aromatic N) is 2. The largest absolute Gasteiger partial charge is 0.502 e. The van der Waals surface area contributed by atoms with E-state index in [0.29, 0.717) is 24.9 Å². The molecular weight excluding hydrogens is 288 g/mol. The zero-order valence-electron chi connectivity index (χ0n) is 11.9. The summed E-state index contributed by atoms with van der Waals surface area (Å²) in [5.41, 5.74) is 0.520. The maximum atomic E-state index is 11.9. The second-order valence-corrected chi connectivity index (χ2v) is 4.90. The molecule has 0 bridgehead atoms. The van der Waals surface area contributed by atoms with Gasteiger partial charge in [-0.15, -0.1) is 0 Å². The Bertz CT molecular complexity index is 723. The Morgan fingerprint density at radius 2 is 2.32 bits per heavy atom. The van der Waals surface area contributed by atoms with E-state index in [4.69, 9.17) is 9.15 Å². The Hall–Kier alpha value is -2.83. The quantitative estimate of drug-likeness (QED) is 0.873. The van der Waals surface area contributed by atoms with Crippen LogP contribution in [0.5, 0.6) is 11.5 Å². The van der Waals surface area contributed by atoms with Crippen molar-refractivity contribution in [3.05, 3.63) is 24.5 Å². The first-order valence-electron chi connectivity index (χ1n) is 6.83. The van der Waals surface area contributed by atoms with Crippen LogP contribution in [0.25, 0.3) is 11.3 Å². The van der Waals surface area contributed by atoms with Crippen LogP contribution in [0.2, 0.25) is 0 Å². The summed E-state index contributed by atoms with van der Waals surface area (Å²) in [5.74, 6) is -1.05. The molecule has 0 unspecified atom stereocenters. The topological polar surface area (TPSA) is 92.9 Å². The number of hydrogen-bond acceptors (Lipinski definition) is 6. The van der Waals surface area contributed by atoms with Crippen LogP contribution in [-0.4, -0.2) is 28.5 Å². The van der Waals surface area contributed by atoms with Gasteiger partial charge >= 0.3 is 5.97 Å². The number of carbonyl (C=O) groups excluding carboxylic acids is 2. The number of ether oxygens (including phenoxy) is 1. The van der Waals surface area contributed by atoms with Crippen LogP contribution in [0.1, 0.15) is 19.8 Å². The van der Waals surface area contributed by atoms with E-state index in [1.54, 1.807) is 18.3 Å². The molecule has 1 amide bonds. The zero-order chi connectivity index (χ0) is 15.7. The Morgan fingerprint density at radius 3 is 2.91 bits per heavy atom. The summed E-state index contributed by atoms with van der Waals surface area (Å²) in [6.07, 6.45) is 4.16. The van der Waals surface area contributed by atoms with Crippen LogP contribution in [0.4, 0.5) is 5.88 Å². The standard InChI is InChI=1S/C15H14N2O5/c1-9(18)21-14-12(20)13(10-4-2-6-16-8-10)22-15(14)17-7-3-5-11(17)19/h2,4,6,8,20H,3,5,7H2,1H3. The summed E-state index contributed by atoms with van der Waals surface area (Å²) < 4.78 is 10.7. The number of hydrogen-bond donors (Lipinski definition) is 1. The maximum absolute atomic E-state index is 11.9. The minimum absolute atomic E-state index is 0.0500. The van der Waals surface area contributed by atoms with Crippen LogP contribution in [0.3, 0.4) is 0 Å². The fraction of sp³-hybridized carbons (Fsp3) is 0.267. The number of aromatic nitrogens is 1. The van der Waals surface area contributed by atoms with E-state index in [1.165, 1.54) is 18.0 Å². The highest BCUT2D eigenvalue weighted by molar-refractivity contribution is 5.97. The summed E-state index contributed by atoms with van der Waals surface area (Å²) in [6.45, 7) is 1.66. The highest BCUT2D eigenvalue weighted by Crippen LogP contribution is 2.48. The van der Waals surface area contributed by atoms with Gasteiger partial charge in [0.05, 0.1) is 0 Å². The molecule has 1 saturated heterocycles. The van der Waals surface area contributed by atoms with Crippen molar-refractivity contribution in [3.63, 3.8) is 0 Å². The maximum Gasteiger partial charge on any atom is 0.308 e. The van der Waals surface area contributed by atoms with Gasteiger partial charge in [-0.25, -0.2) is 0 Å². The Morgan fingerprint density at radius 1 is 1.50 bits per heavy atom. The summed E-state index contributed by atoms with van der Waals surface area (Å²) in [7, 11) is 0. The van der Waals surface area contributed by atoms with Gasteiger partial charge < -0.3 is 14.3 Å². The van der Waals surface area contributed by atoms with E-state index < -0.39 is 5.97 Å². The molecule has 3 rings (SSSR count). The smallest absolute Gasteiger partial charge is 0.308 e. The summed E-state index contributed by atoms with van der Waals surface area (Å²) in [6, 6.07) is 3.38. The molecule has 7 nitrogen and oxygen atoms in total.